The Kier molecular flexibility index (Phi) is 4.19. The predicted molar refractivity (Wildman–Crippen MR) is 60.5 cm³/mol. The van der Waals surface area contributed by atoms with Gasteiger partial charge in [-0.15, -0.1) is 5.10 Å². The van der Waals surface area contributed by atoms with Gasteiger partial charge in [0.1, 0.15) is 12.4 Å². The van der Waals surface area contributed by atoms with Crippen LogP contribution in [0.5, 0.6) is 0 Å². The number of rotatable bonds is 5. The van der Waals surface area contributed by atoms with E-state index in [2.05, 4.69) is 15.2 Å². The minimum Gasteiger partial charge on any atom is -0.300 e. The molecule has 0 bridgehead atoms. The molecule has 0 amide bonds. The minimum absolute atomic E-state index is 0.286. The maximum absolute atomic E-state index is 12.3. The van der Waals surface area contributed by atoms with Crippen LogP contribution < -0.4 is 0 Å². The van der Waals surface area contributed by atoms with Gasteiger partial charge in [0.25, 0.3) is 0 Å². The molecule has 1 aliphatic rings. The number of nitrogens with zero attached hydrogens (tertiary/aromatic N) is 4. The van der Waals surface area contributed by atoms with E-state index in [1.807, 2.05) is 0 Å². The van der Waals surface area contributed by atoms with Crippen LogP contribution in [0.15, 0.2) is 6.20 Å². The monoisotopic (exact) mass is 240 g/mol. The fourth-order valence-electron chi connectivity index (χ4n) is 2.34. The highest BCUT2D eigenvalue weighted by Crippen LogP contribution is 2.17. The van der Waals surface area contributed by atoms with Crippen molar-refractivity contribution in [3.63, 3.8) is 0 Å². The van der Waals surface area contributed by atoms with Gasteiger partial charge in [-0.1, -0.05) is 5.21 Å². The Hall–Kier alpha value is -1.30. The van der Waals surface area contributed by atoms with Gasteiger partial charge in [-0.2, -0.15) is 0 Å². The van der Waals surface area contributed by atoms with Crippen LogP contribution in [0.4, 0.5) is 4.39 Å². The van der Waals surface area contributed by atoms with E-state index in [4.69, 9.17) is 0 Å². The molecule has 1 saturated heterocycles. The molecule has 0 unspecified atom stereocenters. The molecule has 0 saturated carbocycles. The van der Waals surface area contributed by atoms with Crippen LogP contribution in [0, 0.1) is 5.92 Å². The van der Waals surface area contributed by atoms with E-state index in [0.717, 1.165) is 32.5 Å². The zero-order chi connectivity index (χ0) is 12.1. The van der Waals surface area contributed by atoms with E-state index < -0.39 is 0 Å². The highest BCUT2D eigenvalue weighted by atomic mass is 19.1. The van der Waals surface area contributed by atoms with Crippen molar-refractivity contribution in [3.05, 3.63) is 11.9 Å². The Labute approximate surface area is 99.6 Å². The van der Waals surface area contributed by atoms with Crippen LogP contribution in [-0.2, 0) is 6.54 Å². The molecule has 0 aliphatic carbocycles. The molecule has 1 aliphatic heterocycles. The molecule has 6 heteroatoms. The normalized spacial score (nSPS) is 21.6. The first kappa shape index (κ1) is 12.2. The lowest BCUT2D eigenvalue weighted by molar-refractivity contribution is 0.111. The lowest BCUT2D eigenvalue weighted by Crippen LogP contribution is -2.38. The number of alkyl halides is 1. The molecule has 1 atom stereocenters. The molecular formula is C11H17FN4O. The quantitative estimate of drug-likeness (QED) is 0.713. The maximum Gasteiger partial charge on any atom is 0.171 e. The Balaban J connectivity index is 1.87. The topological polar surface area (TPSA) is 51.0 Å². The average molecular weight is 240 g/mol. The van der Waals surface area contributed by atoms with Gasteiger partial charge in [0.15, 0.2) is 6.29 Å². The van der Waals surface area contributed by atoms with Crippen LogP contribution >= 0.6 is 0 Å². The van der Waals surface area contributed by atoms with Crippen molar-refractivity contribution in [2.24, 2.45) is 5.92 Å². The van der Waals surface area contributed by atoms with E-state index in [9.17, 15) is 9.18 Å². The number of aromatic nitrogens is 3. The van der Waals surface area contributed by atoms with Crippen molar-refractivity contribution < 1.29 is 9.18 Å². The lowest BCUT2D eigenvalue weighted by Gasteiger charge is -2.31. The van der Waals surface area contributed by atoms with Crippen molar-refractivity contribution >= 4 is 6.29 Å². The molecule has 0 aromatic carbocycles. The van der Waals surface area contributed by atoms with Gasteiger partial charge in [0.05, 0.1) is 6.20 Å². The molecule has 1 aromatic heterocycles. The lowest BCUT2D eigenvalue weighted by atomic mass is 9.98. The molecule has 1 fully saturated rings. The molecular weight excluding hydrogens is 223 g/mol. The zero-order valence-electron chi connectivity index (χ0n) is 9.76. The summed E-state index contributed by atoms with van der Waals surface area (Å²) in [6, 6.07) is 0. The van der Waals surface area contributed by atoms with E-state index in [0.29, 0.717) is 24.4 Å². The molecule has 94 valence electrons. The van der Waals surface area contributed by atoms with Gasteiger partial charge in [0.2, 0.25) is 0 Å². The summed E-state index contributed by atoms with van der Waals surface area (Å²) in [5.41, 5.74) is 0.362. The molecule has 2 heterocycles. The SMILES string of the molecule is O=Cc1cn(C[C@@H]2CCCN(CCF)C2)nn1. The van der Waals surface area contributed by atoms with Gasteiger partial charge in [0, 0.05) is 19.6 Å². The van der Waals surface area contributed by atoms with Crippen molar-refractivity contribution in [1.82, 2.24) is 19.9 Å². The van der Waals surface area contributed by atoms with Crippen LogP contribution in [0.2, 0.25) is 0 Å². The summed E-state index contributed by atoms with van der Waals surface area (Å²) in [4.78, 5) is 12.6. The van der Waals surface area contributed by atoms with Gasteiger partial charge in [-0.25, -0.2) is 4.39 Å². The third kappa shape index (κ3) is 3.33. The second kappa shape index (κ2) is 5.86. The first-order valence-electron chi connectivity index (χ1n) is 5.95. The molecule has 2 rings (SSSR count). The van der Waals surface area contributed by atoms with E-state index in [-0.39, 0.29) is 6.67 Å². The highest BCUT2D eigenvalue weighted by Gasteiger charge is 2.20. The minimum atomic E-state index is -0.286. The fraction of sp³-hybridized carbons (Fsp3) is 0.727. The van der Waals surface area contributed by atoms with Crippen LogP contribution in [-0.4, -0.2) is 52.5 Å². The van der Waals surface area contributed by atoms with Gasteiger partial charge < -0.3 is 4.90 Å². The summed E-state index contributed by atoms with van der Waals surface area (Å²) in [6.45, 7) is 2.87. The van der Waals surface area contributed by atoms with Crippen LogP contribution in [0.25, 0.3) is 0 Å². The van der Waals surface area contributed by atoms with E-state index in [1.54, 1.807) is 10.9 Å². The Morgan fingerprint density at radius 1 is 1.59 bits per heavy atom. The van der Waals surface area contributed by atoms with Crippen molar-refractivity contribution in [1.29, 1.82) is 0 Å². The molecule has 17 heavy (non-hydrogen) atoms. The Morgan fingerprint density at radius 3 is 3.18 bits per heavy atom. The summed E-state index contributed by atoms with van der Waals surface area (Å²) in [7, 11) is 0. The van der Waals surface area contributed by atoms with Crippen molar-refractivity contribution in [2.45, 2.75) is 19.4 Å². The molecule has 5 nitrogen and oxygen atoms in total. The molecule has 0 spiro atoms. The van der Waals surface area contributed by atoms with Gasteiger partial charge >= 0.3 is 0 Å². The number of carbonyl (C=O) groups excluding carboxylic acids is 1. The summed E-state index contributed by atoms with van der Waals surface area (Å²) in [5.74, 6) is 0.469. The average Bonchev–Trinajstić information content (AvgIpc) is 2.78. The fourth-order valence-corrected chi connectivity index (χ4v) is 2.34. The van der Waals surface area contributed by atoms with E-state index >= 15 is 0 Å². The second-order valence-electron chi connectivity index (χ2n) is 4.48. The Bertz CT molecular complexity index is 366. The number of halogens is 1. The van der Waals surface area contributed by atoms with Crippen molar-refractivity contribution in [2.75, 3.05) is 26.3 Å². The first-order chi connectivity index (χ1) is 8.31. The molecule has 1 aromatic rings. The third-order valence-electron chi connectivity index (χ3n) is 3.13. The zero-order valence-corrected chi connectivity index (χ0v) is 9.76. The first-order valence-corrected chi connectivity index (χ1v) is 5.95. The number of hydrogen-bond donors (Lipinski definition) is 0. The van der Waals surface area contributed by atoms with Crippen LogP contribution in [0.3, 0.4) is 0 Å². The van der Waals surface area contributed by atoms with E-state index in [1.165, 1.54) is 0 Å². The second-order valence-corrected chi connectivity index (χ2v) is 4.48. The van der Waals surface area contributed by atoms with Gasteiger partial charge in [-0.05, 0) is 25.3 Å². The third-order valence-corrected chi connectivity index (χ3v) is 3.13. The number of likely N-dealkylation sites (tertiary alicyclic amines) is 1. The smallest absolute Gasteiger partial charge is 0.171 e. The highest BCUT2D eigenvalue weighted by molar-refractivity contribution is 5.70. The number of carbonyl (C=O) groups is 1. The van der Waals surface area contributed by atoms with Gasteiger partial charge in [-0.3, -0.25) is 9.48 Å². The molecule has 0 N–H and O–H groups in total. The number of aldehydes is 1. The van der Waals surface area contributed by atoms with Crippen LogP contribution in [0.1, 0.15) is 23.3 Å². The summed E-state index contributed by atoms with van der Waals surface area (Å²) in [5, 5.41) is 7.62. The van der Waals surface area contributed by atoms with Crippen molar-refractivity contribution in [3.8, 4) is 0 Å². The standard InChI is InChI=1S/C11H17FN4O/c12-3-5-15-4-1-2-10(6-15)7-16-8-11(9-17)13-14-16/h8-10H,1-7H2/t10-/m1/s1. The number of hydrogen-bond acceptors (Lipinski definition) is 4. The summed E-state index contributed by atoms with van der Waals surface area (Å²) >= 11 is 0. The largest absolute Gasteiger partial charge is 0.300 e. The predicted octanol–water partition coefficient (Wildman–Crippen LogP) is 0.772. The maximum atomic E-state index is 12.3. The summed E-state index contributed by atoms with van der Waals surface area (Å²) < 4.78 is 14.0. The summed E-state index contributed by atoms with van der Waals surface area (Å²) in [6.07, 6.45) is 4.57. The molecule has 0 radical (unpaired) electrons. The number of piperidine rings is 1. The Morgan fingerprint density at radius 2 is 2.47 bits per heavy atom.